The molecular weight excluding hydrogens is 312 g/mol. The van der Waals surface area contributed by atoms with Gasteiger partial charge in [-0.15, -0.1) is 0 Å². The molecule has 6 heteroatoms. The quantitative estimate of drug-likeness (QED) is 0.664. The Morgan fingerprint density at radius 3 is 2.74 bits per heavy atom. The molecule has 0 bridgehead atoms. The standard InChI is InChI=1S/C13H17BrN2O3/c1-4-8(2)10(13(18)19-3)16-12(17)9-6-5-7-15-11(9)14/h5-8,10H,4H2,1-3H3,(H,16,17). The Morgan fingerprint density at radius 2 is 2.21 bits per heavy atom. The van der Waals surface area contributed by atoms with Crippen LogP contribution in [0.15, 0.2) is 22.9 Å². The van der Waals surface area contributed by atoms with Crippen LogP contribution in [0.4, 0.5) is 0 Å². The lowest BCUT2D eigenvalue weighted by Gasteiger charge is -2.21. The van der Waals surface area contributed by atoms with E-state index < -0.39 is 12.0 Å². The number of methoxy groups -OCH3 is 1. The second-order valence-corrected chi connectivity index (χ2v) is 4.95. The molecule has 0 radical (unpaired) electrons. The molecule has 1 aromatic heterocycles. The predicted molar refractivity (Wildman–Crippen MR) is 74.7 cm³/mol. The topological polar surface area (TPSA) is 68.3 Å². The summed E-state index contributed by atoms with van der Waals surface area (Å²) in [6, 6.07) is 2.64. The number of rotatable bonds is 5. The highest BCUT2D eigenvalue weighted by Crippen LogP contribution is 2.15. The van der Waals surface area contributed by atoms with Gasteiger partial charge in [-0.1, -0.05) is 20.3 Å². The van der Waals surface area contributed by atoms with Gasteiger partial charge in [-0.2, -0.15) is 0 Å². The Balaban J connectivity index is 2.88. The number of pyridine rings is 1. The van der Waals surface area contributed by atoms with Gasteiger partial charge < -0.3 is 10.1 Å². The van der Waals surface area contributed by atoms with Crippen LogP contribution in [-0.2, 0) is 9.53 Å². The number of nitrogens with one attached hydrogen (secondary N) is 1. The Morgan fingerprint density at radius 1 is 1.53 bits per heavy atom. The number of halogens is 1. The van der Waals surface area contributed by atoms with Crippen LogP contribution in [0.5, 0.6) is 0 Å². The zero-order valence-electron chi connectivity index (χ0n) is 11.1. The highest BCUT2D eigenvalue weighted by Gasteiger charge is 2.27. The monoisotopic (exact) mass is 328 g/mol. The second-order valence-electron chi connectivity index (χ2n) is 4.20. The van der Waals surface area contributed by atoms with E-state index in [1.54, 1.807) is 18.3 Å². The summed E-state index contributed by atoms with van der Waals surface area (Å²) in [5.74, 6) is -0.801. The van der Waals surface area contributed by atoms with Crippen molar-refractivity contribution in [1.29, 1.82) is 0 Å². The van der Waals surface area contributed by atoms with Gasteiger partial charge in [0.2, 0.25) is 0 Å². The summed E-state index contributed by atoms with van der Waals surface area (Å²) in [4.78, 5) is 27.8. The van der Waals surface area contributed by atoms with Crippen molar-refractivity contribution in [1.82, 2.24) is 10.3 Å². The Kier molecular flexibility index (Phi) is 5.95. The molecule has 104 valence electrons. The third kappa shape index (κ3) is 4.02. The second kappa shape index (κ2) is 7.23. The Labute approximate surface area is 120 Å². The molecule has 2 unspecified atom stereocenters. The molecule has 1 heterocycles. The van der Waals surface area contributed by atoms with E-state index in [9.17, 15) is 9.59 Å². The minimum absolute atomic E-state index is 0.00755. The van der Waals surface area contributed by atoms with Gasteiger partial charge in [0.15, 0.2) is 0 Å². The SMILES string of the molecule is CCC(C)C(NC(=O)c1cccnc1Br)C(=O)OC. The average molecular weight is 329 g/mol. The van der Waals surface area contributed by atoms with Crippen molar-refractivity contribution < 1.29 is 14.3 Å². The molecule has 0 saturated carbocycles. The molecule has 0 spiro atoms. The number of nitrogens with zero attached hydrogens (tertiary/aromatic N) is 1. The van der Waals surface area contributed by atoms with Gasteiger partial charge in [0.1, 0.15) is 10.6 Å². The van der Waals surface area contributed by atoms with E-state index in [0.29, 0.717) is 10.2 Å². The first-order valence-electron chi connectivity index (χ1n) is 6.00. The lowest BCUT2D eigenvalue weighted by Crippen LogP contribution is -2.45. The summed E-state index contributed by atoms with van der Waals surface area (Å²) in [5, 5.41) is 2.69. The smallest absolute Gasteiger partial charge is 0.328 e. The number of carbonyl (C=O) groups excluding carboxylic acids is 2. The lowest BCUT2D eigenvalue weighted by molar-refractivity contribution is -0.144. The zero-order valence-corrected chi connectivity index (χ0v) is 12.7. The molecular formula is C13H17BrN2O3. The highest BCUT2D eigenvalue weighted by molar-refractivity contribution is 9.10. The molecule has 5 nitrogen and oxygen atoms in total. The minimum atomic E-state index is -0.658. The number of ether oxygens (including phenoxy) is 1. The summed E-state index contributed by atoms with van der Waals surface area (Å²) in [6.07, 6.45) is 2.33. The van der Waals surface area contributed by atoms with E-state index in [1.165, 1.54) is 7.11 Å². The van der Waals surface area contributed by atoms with E-state index in [4.69, 9.17) is 4.74 Å². The Hall–Kier alpha value is -1.43. The summed E-state index contributed by atoms with van der Waals surface area (Å²) < 4.78 is 5.17. The normalized spacial score (nSPS) is 13.5. The molecule has 1 N–H and O–H groups in total. The average Bonchev–Trinajstić information content (AvgIpc) is 2.43. The molecule has 0 aliphatic heterocycles. The van der Waals surface area contributed by atoms with Crippen LogP contribution in [0.3, 0.4) is 0 Å². The van der Waals surface area contributed by atoms with E-state index in [1.807, 2.05) is 13.8 Å². The van der Waals surface area contributed by atoms with Crippen LogP contribution in [0.1, 0.15) is 30.6 Å². The zero-order chi connectivity index (χ0) is 14.4. The molecule has 1 amide bonds. The number of esters is 1. The molecule has 0 aromatic carbocycles. The van der Waals surface area contributed by atoms with E-state index in [0.717, 1.165) is 6.42 Å². The van der Waals surface area contributed by atoms with Crippen molar-refractivity contribution in [2.24, 2.45) is 5.92 Å². The minimum Gasteiger partial charge on any atom is -0.467 e. The summed E-state index contributed by atoms with van der Waals surface area (Å²) >= 11 is 3.21. The van der Waals surface area contributed by atoms with Gasteiger partial charge in [-0.05, 0) is 34.0 Å². The van der Waals surface area contributed by atoms with Crippen LogP contribution >= 0.6 is 15.9 Å². The van der Waals surface area contributed by atoms with Gasteiger partial charge in [-0.3, -0.25) is 4.79 Å². The maximum Gasteiger partial charge on any atom is 0.328 e. The van der Waals surface area contributed by atoms with Gasteiger partial charge in [-0.25, -0.2) is 9.78 Å². The third-order valence-corrected chi connectivity index (χ3v) is 3.59. The largest absolute Gasteiger partial charge is 0.467 e. The van der Waals surface area contributed by atoms with Crippen molar-refractivity contribution in [3.05, 3.63) is 28.5 Å². The number of amides is 1. The fourth-order valence-corrected chi connectivity index (χ4v) is 2.00. The maximum absolute atomic E-state index is 12.1. The van der Waals surface area contributed by atoms with E-state index >= 15 is 0 Å². The molecule has 2 atom stereocenters. The number of carbonyl (C=O) groups is 2. The maximum atomic E-state index is 12.1. The lowest BCUT2D eigenvalue weighted by atomic mass is 9.99. The molecule has 0 aliphatic carbocycles. The van der Waals surface area contributed by atoms with E-state index in [2.05, 4.69) is 26.2 Å². The van der Waals surface area contributed by atoms with Crippen LogP contribution in [-0.4, -0.2) is 30.0 Å². The van der Waals surface area contributed by atoms with Gasteiger partial charge >= 0.3 is 5.97 Å². The Bertz CT molecular complexity index is 465. The first-order valence-corrected chi connectivity index (χ1v) is 6.79. The molecule has 19 heavy (non-hydrogen) atoms. The highest BCUT2D eigenvalue weighted by atomic mass is 79.9. The van der Waals surface area contributed by atoms with Gasteiger partial charge in [0.25, 0.3) is 5.91 Å². The summed E-state index contributed by atoms with van der Waals surface area (Å²) in [6.45, 7) is 3.84. The van der Waals surface area contributed by atoms with Crippen LogP contribution in [0.2, 0.25) is 0 Å². The number of hydrogen-bond acceptors (Lipinski definition) is 4. The first-order chi connectivity index (χ1) is 9.01. The van der Waals surface area contributed by atoms with Gasteiger partial charge in [0, 0.05) is 6.20 Å². The van der Waals surface area contributed by atoms with Crippen LogP contribution < -0.4 is 5.32 Å². The van der Waals surface area contributed by atoms with Crippen molar-refractivity contribution >= 4 is 27.8 Å². The van der Waals surface area contributed by atoms with Crippen molar-refractivity contribution in [3.8, 4) is 0 Å². The number of hydrogen-bond donors (Lipinski definition) is 1. The molecule has 0 fully saturated rings. The number of aromatic nitrogens is 1. The van der Waals surface area contributed by atoms with E-state index in [-0.39, 0.29) is 11.8 Å². The predicted octanol–water partition coefficient (Wildman–Crippen LogP) is 2.16. The van der Waals surface area contributed by atoms with Crippen LogP contribution in [0.25, 0.3) is 0 Å². The van der Waals surface area contributed by atoms with Crippen molar-refractivity contribution in [2.75, 3.05) is 7.11 Å². The fraction of sp³-hybridized carbons (Fsp3) is 0.462. The molecule has 1 aromatic rings. The summed E-state index contributed by atoms with van der Waals surface area (Å²) in [5.41, 5.74) is 0.389. The van der Waals surface area contributed by atoms with Crippen LogP contribution in [0, 0.1) is 5.92 Å². The first kappa shape index (κ1) is 15.6. The molecule has 1 rings (SSSR count). The van der Waals surface area contributed by atoms with Gasteiger partial charge in [0.05, 0.1) is 12.7 Å². The summed E-state index contributed by atoms with van der Waals surface area (Å²) in [7, 11) is 1.31. The fourth-order valence-electron chi connectivity index (χ4n) is 1.57. The van der Waals surface area contributed by atoms with Crippen molar-refractivity contribution in [3.63, 3.8) is 0 Å². The third-order valence-electron chi connectivity index (χ3n) is 2.96. The molecule has 0 saturated heterocycles. The van der Waals surface area contributed by atoms with Crippen molar-refractivity contribution in [2.45, 2.75) is 26.3 Å². The molecule has 0 aliphatic rings.